The fourth-order valence-corrected chi connectivity index (χ4v) is 4.08. The highest BCUT2D eigenvalue weighted by Crippen LogP contribution is 2.46. The topological polar surface area (TPSA) is 66.5 Å². The fraction of sp³-hybridized carbons (Fsp3) is 0.500. The third-order valence-corrected chi connectivity index (χ3v) is 5.36. The number of thiol groups is 1. The third-order valence-electron chi connectivity index (χ3n) is 5.14. The predicted molar refractivity (Wildman–Crippen MR) is 94.7 cm³/mol. The Morgan fingerprint density at radius 2 is 1.83 bits per heavy atom. The minimum absolute atomic E-state index is 0.106. The maximum atomic E-state index is 13.0. The van der Waals surface area contributed by atoms with Crippen LogP contribution in [0.1, 0.15) is 19.8 Å². The molecule has 24 heavy (non-hydrogen) atoms. The van der Waals surface area contributed by atoms with Gasteiger partial charge in [-0.25, -0.2) is 0 Å². The van der Waals surface area contributed by atoms with Crippen LogP contribution in [0, 0.1) is 23.7 Å². The lowest BCUT2D eigenvalue weighted by atomic mass is 9.68. The van der Waals surface area contributed by atoms with Gasteiger partial charge in [0.25, 0.3) is 0 Å². The van der Waals surface area contributed by atoms with Crippen LogP contribution in [0.3, 0.4) is 0 Å². The lowest BCUT2D eigenvalue weighted by Crippen LogP contribution is -2.44. The zero-order valence-electron chi connectivity index (χ0n) is 13.6. The molecule has 1 N–H and O–H groups in total. The molecule has 1 saturated heterocycles. The lowest BCUT2D eigenvalue weighted by molar-refractivity contribution is -0.136. The van der Waals surface area contributed by atoms with Gasteiger partial charge < -0.3 is 5.32 Å². The average Bonchev–Trinajstić information content (AvgIpc) is 2.86. The first-order valence-electron chi connectivity index (χ1n) is 8.37. The molecule has 0 aromatic heterocycles. The van der Waals surface area contributed by atoms with E-state index in [-0.39, 0.29) is 23.6 Å². The summed E-state index contributed by atoms with van der Waals surface area (Å²) >= 11 is 4.10. The van der Waals surface area contributed by atoms with Gasteiger partial charge in [0.1, 0.15) is 0 Å². The Bertz CT molecular complexity index is 649. The summed E-state index contributed by atoms with van der Waals surface area (Å²) in [7, 11) is 0. The summed E-state index contributed by atoms with van der Waals surface area (Å²) in [6.45, 7) is 2.47. The monoisotopic (exact) mass is 346 g/mol. The van der Waals surface area contributed by atoms with E-state index >= 15 is 0 Å². The molecule has 128 valence electrons. The highest BCUT2D eigenvalue weighted by Gasteiger charge is 2.56. The van der Waals surface area contributed by atoms with Crippen molar-refractivity contribution in [2.45, 2.75) is 19.8 Å². The maximum Gasteiger partial charge on any atom is 0.238 e. The number of fused-ring (bicyclic) bond motifs is 1. The predicted octanol–water partition coefficient (Wildman–Crippen LogP) is 1.88. The number of benzene rings is 1. The van der Waals surface area contributed by atoms with Crippen LogP contribution in [0.25, 0.3) is 0 Å². The first kappa shape index (κ1) is 17.0. The van der Waals surface area contributed by atoms with Gasteiger partial charge in [0.05, 0.1) is 23.4 Å². The Morgan fingerprint density at radius 1 is 1.17 bits per heavy atom. The van der Waals surface area contributed by atoms with Crippen molar-refractivity contribution in [3.63, 3.8) is 0 Å². The molecule has 0 radical (unpaired) electrons. The molecular formula is C18H22N2O3S. The van der Waals surface area contributed by atoms with Crippen molar-refractivity contribution in [3.05, 3.63) is 30.3 Å². The summed E-state index contributed by atoms with van der Waals surface area (Å²) in [5.41, 5.74) is 0.587. The Morgan fingerprint density at radius 3 is 2.50 bits per heavy atom. The molecule has 0 bridgehead atoms. The highest BCUT2D eigenvalue weighted by molar-refractivity contribution is 7.80. The van der Waals surface area contributed by atoms with E-state index in [2.05, 4.69) is 17.9 Å². The molecule has 1 aliphatic heterocycles. The zero-order chi connectivity index (χ0) is 17.3. The van der Waals surface area contributed by atoms with Crippen LogP contribution in [0.15, 0.2) is 30.3 Å². The van der Waals surface area contributed by atoms with E-state index in [1.807, 2.05) is 13.0 Å². The molecule has 3 rings (SSSR count). The van der Waals surface area contributed by atoms with Crippen LogP contribution in [0.2, 0.25) is 0 Å². The van der Waals surface area contributed by atoms with Crippen molar-refractivity contribution in [2.75, 3.05) is 17.2 Å². The number of imide groups is 1. The van der Waals surface area contributed by atoms with Gasteiger partial charge >= 0.3 is 0 Å². The number of rotatable bonds is 4. The van der Waals surface area contributed by atoms with Crippen molar-refractivity contribution in [1.82, 2.24) is 5.32 Å². The summed E-state index contributed by atoms with van der Waals surface area (Å²) in [6.07, 6.45) is 1.42. The van der Waals surface area contributed by atoms with Gasteiger partial charge in [0.15, 0.2) is 0 Å². The number of hydrogen-bond donors (Lipinski definition) is 2. The molecule has 5 nitrogen and oxygen atoms in total. The van der Waals surface area contributed by atoms with E-state index < -0.39 is 17.8 Å². The van der Waals surface area contributed by atoms with Gasteiger partial charge in [-0.15, -0.1) is 0 Å². The molecule has 2 fully saturated rings. The molecule has 1 aromatic carbocycles. The first-order chi connectivity index (χ1) is 11.6. The van der Waals surface area contributed by atoms with Gasteiger partial charge in [-0.1, -0.05) is 25.1 Å². The SMILES string of the molecule is CC1CCC(C(=O)NCCS)C2C(=O)N(c3ccccc3)C(=O)C12. The third kappa shape index (κ3) is 2.83. The summed E-state index contributed by atoms with van der Waals surface area (Å²) in [5.74, 6) is -1.29. The Kier molecular flexibility index (Phi) is 4.94. The minimum atomic E-state index is -0.554. The second kappa shape index (κ2) is 6.97. The minimum Gasteiger partial charge on any atom is -0.355 e. The van der Waals surface area contributed by atoms with E-state index in [9.17, 15) is 14.4 Å². The number of nitrogens with one attached hydrogen (secondary N) is 1. The van der Waals surface area contributed by atoms with Crippen LogP contribution in [0.4, 0.5) is 5.69 Å². The molecule has 1 aromatic rings. The quantitative estimate of drug-likeness (QED) is 0.646. The Balaban J connectivity index is 1.91. The number of anilines is 1. The summed E-state index contributed by atoms with van der Waals surface area (Å²) in [5, 5.41) is 2.82. The second-order valence-electron chi connectivity index (χ2n) is 6.57. The van der Waals surface area contributed by atoms with Gasteiger partial charge in [-0.2, -0.15) is 12.6 Å². The zero-order valence-corrected chi connectivity index (χ0v) is 14.5. The smallest absolute Gasteiger partial charge is 0.238 e. The van der Waals surface area contributed by atoms with Crippen LogP contribution in [-0.2, 0) is 14.4 Å². The van der Waals surface area contributed by atoms with Crippen molar-refractivity contribution in [2.24, 2.45) is 23.7 Å². The Labute approximate surface area is 147 Å². The number of carbonyl (C=O) groups is 3. The molecule has 1 heterocycles. The van der Waals surface area contributed by atoms with Gasteiger partial charge in [-0.05, 0) is 30.9 Å². The van der Waals surface area contributed by atoms with E-state index in [0.717, 1.165) is 6.42 Å². The highest BCUT2D eigenvalue weighted by atomic mass is 32.1. The van der Waals surface area contributed by atoms with E-state index in [4.69, 9.17) is 0 Å². The number of hydrogen-bond acceptors (Lipinski definition) is 4. The van der Waals surface area contributed by atoms with Crippen molar-refractivity contribution in [1.29, 1.82) is 0 Å². The van der Waals surface area contributed by atoms with Crippen molar-refractivity contribution < 1.29 is 14.4 Å². The van der Waals surface area contributed by atoms with Crippen LogP contribution in [-0.4, -0.2) is 30.0 Å². The second-order valence-corrected chi connectivity index (χ2v) is 7.02. The molecule has 1 aliphatic carbocycles. The molecule has 3 amide bonds. The number of nitrogens with zero attached hydrogens (tertiary/aromatic N) is 1. The maximum absolute atomic E-state index is 13.0. The van der Waals surface area contributed by atoms with Gasteiger partial charge in [0, 0.05) is 12.3 Å². The molecule has 2 aliphatic rings. The van der Waals surface area contributed by atoms with Crippen LogP contribution in [0.5, 0.6) is 0 Å². The van der Waals surface area contributed by atoms with Crippen molar-refractivity contribution >= 4 is 36.0 Å². The molecule has 4 atom stereocenters. The first-order valence-corrected chi connectivity index (χ1v) is 9.01. The molecule has 4 unspecified atom stereocenters. The summed E-state index contributed by atoms with van der Waals surface area (Å²) in [6, 6.07) is 8.97. The van der Waals surface area contributed by atoms with E-state index in [1.54, 1.807) is 24.3 Å². The van der Waals surface area contributed by atoms with Crippen LogP contribution >= 0.6 is 12.6 Å². The average molecular weight is 346 g/mol. The molecule has 1 saturated carbocycles. The van der Waals surface area contributed by atoms with Crippen LogP contribution < -0.4 is 10.2 Å². The van der Waals surface area contributed by atoms with E-state index in [0.29, 0.717) is 24.4 Å². The number of para-hydroxylation sites is 1. The summed E-state index contributed by atoms with van der Waals surface area (Å²) in [4.78, 5) is 39.6. The van der Waals surface area contributed by atoms with Gasteiger partial charge in [0.2, 0.25) is 17.7 Å². The standard InChI is InChI=1S/C18H22N2O3S/c1-11-7-8-13(16(21)19-9-10-24)15-14(11)17(22)20(18(15)23)12-5-3-2-4-6-12/h2-6,11,13-15,24H,7-10H2,1H3,(H,19,21). The number of amides is 3. The Hall–Kier alpha value is -1.82. The number of carbonyl (C=O) groups excluding carboxylic acids is 3. The normalized spacial score (nSPS) is 29.5. The lowest BCUT2D eigenvalue weighted by Gasteiger charge is -2.33. The summed E-state index contributed by atoms with van der Waals surface area (Å²) < 4.78 is 0. The fourth-order valence-electron chi connectivity index (χ4n) is 3.97. The largest absolute Gasteiger partial charge is 0.355 e. The molecule has 6 heteroatoms. The van der Waals surface area contributed by atoms with E-state index in [1.165, 1.54) is 4.90 Å². The van der Waals surface area contributed by atoms with Gasteiger partial charge in [-0.3, -0.25) is 19.3 Å². The molecule has 0 spiro atoms. The molecular weight excluding hydrogens is 324 g/mol. The van der Waals surface area contributed by atoms with Crippen molar-refractivity contribution in [3.8, 4) is 0 Å².